The Morgan fingerprint density at radius 1 is 1.75 bits per heavy atom. The van der Waals surface area contributed by atoms with Crippen LogP contribution in [0, 0.1) is 4.77 Å². The molecule has 0 saturated carbocycles. The van der Waals surface area contributed by atoms with Crippen molar-refractivity contribution in [2.24, 2.45) is 7.05 Å². The monoisotopic (exact) mass is 127 g/mol. The molecule has 0 saturated heterocycles. The molecule has 42 valence electrons. The second-order valence-electron chi connectivity index (χ2n) is 1.51. The molecule has 0 fully saturated rings. The van der Waals surface area contributed by atoms with E-state index in [4.69, 9.17) is 12.2 Å². The van der Waals surface area contributed by atoms with E-state index >= 15 is 0 Å². The molecule has 0 aliphatic rings. The van der Waals surface area contributed by atoms with Crippen LogP contribution in [-0.2, 0) is 7.05 Å². The molecule has 0 atom stereocenters. The van der Waals surface area contributed by atoms with Crippen molar-refractivity contribution in [1.29, 1.82) is 0 Å². The topological polar surface area (TPSA) is 17.8 Å². The lowest BCUT2D eigenvalue weighted by Gasteiger charge is -1.91. The summed E-state index contributed by atoms with van der Waals surface area (Å²) in [5.41, 5.74) is 0. The maximum atomic E-state index is 4.81. The zero-order valence-electron chi connectivity index (χ0n) is 4.53. The molecule has 0 radical (unpaired) electrons. The van der Waals surface area contributed by atoms with Gasteiger partial charge in [0.05, 0.1) is 0 Å². The number of rotatable bonds is 0. The van der Waals surface area contributed by atoms with Gasteiger partial charge in [0.25, 0.3) is 0 Å². The number of aromatic nitrogens is 2. The minimum absolute atomic E-state index is 0.618. The van der Waals surface area contributed by atoms with Crippen LogP contribution in [0.1, 0.15) is 0 Å². The Morgan fingerprint density at radius 2 is 2.50 bits per heavy atom. The lowest BCUT2D eigenvalue weighted by molar-refractivity contribution is 0.843. The van der Waals surface area contributed by atoms with E-state index in [1.165, 1.54) is 0 Å². The second-order valence-corrected chi connectivity index (χ2v) is 1.88. The smallest absolute Gasteiger partial charge is 0.199 e. The van der Waals surface area contributed by atoms with E-state index in [0.29, 0.717) is 4.77 Å². The molecule has 0 aromatic carbocycles. The zero-order valence-corrected chi connectivity index (χ0v) is 5.35. The molecular formula is C5H6N2S. The third-order valence-electron chi connectivity index (χ3n) is 0.882. The van der Waals surface area contributed by atoms with Crippen LogP contribution in [0.15, 0.2) is 18.5 Å². The first-order valence-corrected chi connectivity index (χ1v) is 2.69. The van der Waals surface area contributed by atoms with Crippen LogP contribution >= 0.6 is 12.2 Å². The van der Waals surface area contributed by atoms with Crippen LogP contribution in [0.3, 0.4) is 0 Å². The van der Waals surface area contributed by atoms with Crippen LogP contribution < -0.4 is 0 Å². The predicted octanol–water partition coefficient (Wildman–Crippen LogP) is 1.15. The number of nitrogens with zero attached hydrogens (tertiary/aromatic N) is 2. The highest BCUT2D eigenvalue weighted by molar-refractivity contribution is 7.71. The molecule has 0 bridgehead atoms. The van der Waals surface area contributed by atoms with E-state index in [2.05, 4.69) is 4.98 Å². The number of hydrogen-bond acceptors (Lipinski definition) is 2. The molecule has 1 aromatic heterocycles. The van der Waals surface area contributed by atoms with Crippen LogP contribution in [0.4, 0.5) is 0 Å². The molecule has 8 heavy (non-hydrogen) atoms. The van der Waals surface area contributed by atoms with Crippen molar-refractivity contribution in [1.82, 2.24) is 9.55 Å². The Kier molecular flexibility index (Phi) is 1.39. The molecule has 1 rings (SSSR count). The van der Waals surface area contributed by atoms with E-state index in [1.54, 1.807) is 10.8 Å². The first-order valence-electron chi connectivity index (χ1n) is 2.28. The van der Waals surface area contributed by atoms with Gasteiger partial charge >= 0.3 is 0 Å². The maximum absolute atomic E-state index is 4.81. The molecule has 0 amide bonds. The van der Waals surface area contributed by atoms with Gasteiger partial charge in [-0.3, -0.25) is 0 Å². The zero-order chi connectivity index (χ0) is 5.98. The van der Waals surface area contributed by atoms with Crippen molar-refractivity contribution in [3.05, 3.63) is 23.2 Å². The summed E-state index contributed by atoms with van der Waals surface area (Å²) >= 11 is 4.81. The Bertz CT molecular complexity index is 228. The lowest BCUT2D eigenvalue weighted by atomic mass is 10.7. The SMILES string of the molecule is Cn1ccc[15n]c1=S. The summed E-state index contributed by atoms with van der Waals surface area (Å²) in [6.07, 6.45) is 3.55. The van der Waals surface area contributed by atoms with E-state index in [-0.39, 0.29) is 0 Å². The summed E-state index contributed by atoms with van der Waals surface area (Å²) in [6.45, 7) is 0. The molecule has 0 spiro atoms. The van der Waals surface area contributed by atoms with Crippen LogP contribution in [-0.4, -0.2) is 9.55 Å². The van der Waals surface area contributed by atoms with Crippen molar-refractivity contribution in [2.75, 3.05) is 0 Å². The molecule has 0 aliphatic carbocycles. The minimum atomic E-state index is 0.618. The highest BCUT2D eigenvalue weighted by Crippen LogP contribution is 1.81. The maximum Gasteiger partial charge on any atom is 0.199 e. The molecule has 0 N–H and O–H groups in total. The summed E-state index contributed by atoms with van der Waals surface area (Å²) < 4.78 is 2.41. The van der Waals surface area contributed by atoms with Gasteiger partial charge in [-0.2, -0.15) is 0 Å². The van der Waals surface area contributed by atoms with Gasteiger partial charge in [-0.25, -0.2) is 4.98 Å². The normalized spacial score (nSPS) is 9.12. The van der Waals surface area contributed by atoms with Gasteiger partial charge in [0.15, 0.2) is 4.77 Å². The quantitative estimate of drug-likeness (QED) is 0.486. The second kappa shape index (κ2) is 2.05. The van der Waals surface area contributed by atoms with Gasteiger partial charge in [-0.15, -0.1) is 0 Å². The Balaban J connectivity index is 3.35. The first-order chi connectivity index (χ1) is 3.80. The minimum Gasteiger partial charge on any atom is -0.327 e. The number of aryl methyl sites for hydroxylation is 1. The summed E-state index contributed by atoms with van der Waals surface area (Å²) in [4.78, 5) is 3.86. The van der Waals surface area contributed by atoms with E-state index in [0.717, 1.165) is 0 Å². The summed E-state index contributed by atoms with van der Waals surface area (Å²) in [6, 6.07) is 1.84. The van der Waals surface area contributed by atoms with Crippen molar-refractivity contribution >= 4 is 12.2 Å². The molecule has 0 unspecified atom stereocenters. The fourth-order valence-corrected chi connectivity index (χ4v) is 0.551. The molecular weight excluding hydrogens is 121 g/mol. The molecule has 2 nitrogen and oxygen atoms in total. The van der Waals surface area contributed by atoms with Gasteiger partial charge < -0.3 is 4.57 Å². The van der Waals surface area contributed by atoms with Crippen molar-refractivity contribution in [2.45, 2.75) is 0 Å². The van der Waals surface area contributed by atoms with Gasteiger partial charge in [-0.05, 0) is 18.3 Å². The highest BCUT2D eigenvalue weighted by Gasteiger charge is 1.76. The third kappa shape index (κ3) is 0.924. The van der Waals surface area contributed by atoms with Crippen LogP contribution in [0.5, 0.6) is 0 Å². The highest BCUT2D eigenvalue weighted by atomic mass is 32.1. The fraction of sp³-hybridized carbons (Fsp3) is 0.200. The summed E-state index contributed by atoms with van der Waals surface area (Å²) in [5, 5.41) is 0. The fourth-order valence-electron chi connectivity index (χ4n) is 0.429. The lowest BCUT2D eigenvalue weighted by Crippen LogP contribution is -1.90. The van der Waals surface area contributed by atoms with Crippen LogP contribution in [0.25, 0.3) is 0 Å². The summed E-state index contributed by atoms with van der Waals surface area (Å²) in [7, 11) is 1.87. The van der Waals surface area contributed by atoms with Gasteiger partial charge in [0.2, 0.25) is 0 Å². The van der Waals surface area contributed by atoms with E-state index < -0.39 is 0 Å². The largest absolute Gasteiger partial charge is 0.327 e. The Labute approximate surface area is 52.8 Å². The number of hydrogen-bond donors (Lipinski definition) is 0. The van der Waals surface area contributed by atoms with Crippen molar-refractivity contribution in [3.63, 3.8) is 0 Å². The Hall–Kier alpha value is -0.700. The summed E-state index contributed by atoms with van der Waals surface area (Å²) in [5.74, 6) is 0. The first kappa shape index (κ1) is 5.44. The Morgan fingerprint density at radius 3 is 2.88 bits per heavy atom. The predicted molar refractivity (Wildman–Crippen MR) is 34.0 cm³/mol. The van der Waals surface area contributed by atoms with Crippen molar-refractivity contribution < 1.29 is 0 Å². The molecule has 3 heteroatoms. The standard InChI is InChI=1S/C5H6N2S/c1-7-4-2-3-6-5(7)8/h2-4H,1H3/i6+1. The van der Waals surface area contributed by atoms with Gasteiger partial charge in [0.1, 0.15) is 0 Å². The molecule has 1 heterocycles. The van der Waals surface area contributed by atoms with Crippen LogP contribution in [0.2, 0.25) is 0 Å². The molecule has 1 aromatic rings. The average Bonchev–Trinajstić information content (AvgIpc) is 1.77. The van der Waals surface area contributed by atoms with Crippen molar-refractivity contribution in [3.8, 4) is 0 Å². The van der Waals surface area contributed by atoms with E-state index in [1.807, 2.05) is 19.3 Å². The van der Waals surface area contributed by atoms with Gasteiger partial charge in [-0.1, -0.05) is 0 Å². The average molecular weight is 127 g/mol. The van der Waals surface area contributed by atoms with E-state index in [9.17, 15) is 0 Å². The molecule has 0 aliphatic heterocycles. The van der Waals surface area contributed by atoms with Gasteiger partial charge in [0, 0.05) is 19.4 Å². The third-order valence-corrected chi connectivity index (χ3v) is 1.28.